The lowest BCUT2D eigenvalue weighted by atomic mass is 10.8. The maximum atomic E-state index is 11.6. The number of hydrogen-bond acceptors (Lipinski definition) is 5. The Hall–Kier alpha value is -0.950. The molecule has 0 aromatic rings. The summed E-state index contributed by atoms with van der Waals surface area (Å²) in [6.07, 6.45) is -3.65. The second kappa shape index (κ2) is 4.93. The minimum absolute atomic E-state index is 0.0972. The number of carbonyl (C=O) groups is 1. The summed E-state index contributed by atoms with van der Waals surface area (Å²) >= 11 is 0. The van der Waals surface area contributed by atoms with Crippen molar-refractivity contribution in [2.45, 2.75) is 12.7 Å². The molecule has 2 saturated heterocycles. The largest absolute Gasteiger partial charge is 0.511 e. The number of hydrogen-bond donors (Lipinski definition) is 0. The monoisotopic (exact) mass is 198 g/mol. The molecule has 2 fully saturated rings. The van der Waals surface area contributed by atoms with Crippen LogP contribution in [0.4, 0.5) is 13.6 Å². The Labute approximate surface area is 72.5 Å². The summed E-state index contributed by atoms with van der Waals surface area (Å²) < 4.78 is 39.8. The Morgan fingerprint density at radius 1 is 1.23 bits per heavy atom. The zero-order valence-corrected chi connectivity index (χ0v) is 6.57. The van der Waals surface area contributed by atoms with Gasteiger partial charge in [-0.2, -0.15) is 4.39 Å². The fraction of sp³-hybridized carbons (Fsp3) is 0.833. The summed E-state index contributed by atoms with van der Waals surface area (Å²) in [6.45, 7) is -0.0556. The Kier molecular flexibility index (Phi) is 3.84. The average molecular weight is 198 g/mol. The maximum absolute atomic E-state index is 11.6. The Balaban J connectivity index is 0.000000132. The summed E-state index contributed by atoms with van der Waals surface area (Å²) in [5.74, 6) is 0. The van der Waals surface area contributed by atoms with Crippen LogP contribution in [0.5, 0.6) is 0 Å². The van der Waals surface area contributed by atoms with Crippen LogP contribution in [0.1, 0.15) is 0 Å². The van der Waals surface area contributed by atoms with Gasteiger partial charge in [-0.3, -0.25) is 0 Å². The summed E-state index contributed by atoms with van der Waals surface area (Å²) in [7, 11) is 0. The highest BCUT2D eigenvalue weighted by atomic mass is 19.2. The normalized spacial score (nSPS) is 31.7. The van der Waals surface area contributed by atoms with E-state index in [4.69, 9.17) is 0 Å². The van der Waals surface area contributed by atoms with Crippen LogP contribution >= 0.6 is 0 Å². The molecular weight excluding hydrogens is 190 g/mol. The molecule has 0 aliphatic carbocycles. The molecule has 13 heavy (non-hydrogen) atoms. The fourth-order valence-corrected chi connectivity index (χ4v) is 0.617. The van der Waals surface area contributed by atoms with Gasteiger partial charge in [-0.05, 0) is 0 Å². The first-order valence-corrected chi connectivity index (χ1v) is 3.49. The Bertz CT molecular complexity index is 170. The highest BCUT2D eigenvalue weighted by Crippen LogP contribution is 2.05. The van der Waals surface area contributed by atoms with Crippen molar-refractivity contribution in [3.05, 3.63) is 0 Å². The predicted molar refractivity (Wildman–Crippen MR) is 34.1 cm³/mol. The number of carbonyl (C=O) groups excluding carboxylic acids is 1. The molecule has 0 N–H and O–H groups in total. The van der Waals surface area contributed by atoms with Crippen molar-refractivity contribution in [1.82, 2.24) is 0 Å². The maximum Gasteiger partial charge on any atom is 0.511 e. The van der Waals surface area contributed by atoms with E-state index in [0.29, 0.717) is 0 Å². The highest BCUT2D eigenvalue weighted by molar-refractivity contribution is 5.61. The summed E-state index contributed by atoms with van der Waals surface area (Å²) in [5, 5.41) is 0. The van der Waals surface area contributed by atoms with Gasteiger partial charge >= 0.3 is 6.16 Å². The molecule has 2 rings (SSSR count). The molecule has 0 spiro atoms. The van der Waals surface area contributed by atoms with E-state index >= 15 is 0 Å². The molecule has 2 aliphatic rings. The van der Waals surface area contributed by atoms with Crippen LogP contribution in [0.3, 0.4) is 0 Å². The third-order valence-electron chi connectivity index (χ3n) is 1.14. The van der Waals surface area contributed by atoms with Crippen molar-refractivity contribution < 1.29 is 32.5 Å². The first-order chi connectivity index (χ1) is 6.18. The van der Waals surface area contributed by atoms with E-state index in [1.54, 1.807) is 0 Å². The summed E-state index contributed by atoms with van der Waals surface area (Å²) in [5.41, 5.74) is 0. The van der Waals surface area contributed by atoms with E-state index in [2.05, 4.69) is 18.9 Å². The molecule has 2 heterocycles. The molecule has 76 valence electrons. The standard InChI is InChI=1S/C3H3FO3.C3H5FO2/c4-2-1-6-3(5)7-2;4-3-1-5-2-6-3/h2H,1H2;3H,1-2H2. The SMILES string of the molecule is FC1COCO1.O=C1OCC(F)O1. The third-order valence-corrected chi connectivity index (χ3v) is 1.14. The topological polar surface area (TPSA) is 54.0 Å². The van der Waals surface area contributed by atoms with Gasteiger partial charge in [0.15, 0.2) is 13.4 Å². The molecular formula is C6H8F2O5. The molecule has 7 heteroatoms. The second-order valence-corrected chi connectivity index (χ2v) is 2.15. The third kappa shape index (κ3) is 4.00. The lowest BCUT2D eigenvalue weighted by molar-refractivity contribution is -0.00404. The summed E-state index contributed by atoms with van der Waals surface area (Å²) in [6, 6.07) is 0. The molecule has 0 radical (unpaired) electrons. The van der Waals surface area contributed by atoms with Crippen molar-refractivity contribution in [2.24, 2.45) is 0 Å². The van der Waals surface area contributed by atoms with Crippen molar-refractivity contribution in [1.29, 1.82) is 0 Å². The minimum atomic E-state index is -1.55. The Morgan fingerprint density at radius 3 is 2.15 bits per heavy atom. The van der Waals surface area contributed by atoms with E-state index in [1.165, 1.54) is 0 Å². The van der Waals surface area contributed by atoms with Crippen LogP contribution in [-0.4, -0.2) is 38.9 Å². The van der Waals surface area contributed by atoms with Gasteiger partial charge in [0, 0.05) is 0 Å². The van der Waals surface area contributed by atoms with Gasteiger partial charge in [0.25, 0.3) is 6.36 Å². The second-order valence-electron chi connectivity index (χ2n) is 2.15. The summed E-state index contributed by atoms with van der Waals surface area (Å²) in [4.78, 5) is 9.77. The van der Waals surface area contributed by atoms with Gasteiger partial charge in [-0.1, -0.05) is 0 Å². The van der Waals surface area contributed by atoms with Gasteiger partial charge in [-0.15, -0.1) is 0 Å². The lowest BCUT2D eigenvalue weighted by Crippen LogP contribution is -1.98. The molecule has 2 unspecified atom stereocenters. The van der Waals surface area contributed by atoms with E-state index in [1.807, 2.05) is 0 Å². The minimum Gasteiger partial charge on any atom is -0.427 e. The number of ether oxygens (including phenoxy) is 4. The van der Waals surface area contributed by atoms with E-state index < -0.39 is 18.9 Å². The molecule has 0 bridgehead atoms. The highest BCUT2D eigenvalue weighted by Gasteiger charge is 2.23. The van der Waals surface area contributed by atoms with Crippen molar-refractivity contribution in [2.75, 3.05) is 20.0 Å². The van der Waals surface area contributed by atoms with Crippen LogP contribution in [0, 0.1) is 0 Å². The molecule has 2 atom stereocenters. The van der Waals surface area contributed by atoms with Gasteiger partial charge in [-0.25, -0.2) is 9.18 Å². The lowest BCUT2D eigenvalue weighted by Gasteiger charge is -1.86. The molecule has 0 aromatic heterocycles. The predicted octanol–water partition coefficient (Wildman–Crippen LogP) is 0.735. The molecule has 0 amide bonds. The van der Waals surface area contributed by atoms with Gasteiger partial charge in [0.05, 0.1) is 0 Å². The molecule has 2 aliphatic heterocycles. The Morgan fingerprint density at radius 2 is 2.00 bits per heavy atom. The zero-order chi connectivity index (χ0) is 9.68. The smallest absolute Gasteiger partial charge is 0.427 e. The van der Waals surface area contributed by atoms with Gasteiger partial charge in [0.1, 0.15) is 6.61 Å². The number of alkyl halides is 2. The van der Waals surface area contributed by atoms with Crippen molar-refractivity contribution in [3.8, 4) is 0 Å². The van der Waals surface area contributed by atoms with Gasteiger partial charge < -0.3 is 18.9 Å². The first-order valence-electron chi connectivity index (χ1n) is 3.49. The van der Waals surface area contributed by atoms with Gasteiger partial charge in [0.2, 0.25) is 6.36 Å². The first kappa shape index (κ1) is 10.1. The molecule has 5 nitrogen and oxygen atoms in total. The number of rotatable bonds is 0. The molecule has 0 aromatic carbocycles. The van der Waals surface area contributed by atoms with Crippen LogP contribution in [0.2, 0.25) is 0 Å². The number of cyclic esters (lactones) is 2. The fourth-order valence-electron chi connectivity index (χ4n) is 0.617. The van der Waals surface area contributed by atoms with E-state index in [9.17, 15) is 13.6 Å². The average Bonchev–Trinajstić information content (AvgIpc) is 2.64. The van der Waals surface area contributed by atoms with E-state index in [-0.39, 0.29) is 20.0 Å². The zero-order valence-electron chi connectivity index (χ0n) is 6.57. The molecule has 0 saturated carbocycles. The van der Waals surface area contributed by atoms with Crippen molar-refractivity contribution in [3.63, 3.8) is 0 Å². The quantitative estimate of drug-likeness (QED) is 0.537. The van der Waals surface area contributed by atoms with Crippen LogP contribution in [-0.2, 0) is 18.9 Å². The van der Waals surface area contributed by atoms with Crippen molar-refractivity contribution >= 4 is 6.16 Å². The van der Waals surface area contributed by atoms with E-state index in [0.717, 1.165) is 0 Å². The number of halogens is 2. The van der Waals surface area contributed by atoms with Crippen LogP contribution in [0.15, 0.2) is 0 Å². The van der Waals surface area contributed by atoms with Crippen LogP contribution < -0.4 is 0 Å². The van der Waals surface area contributed by atoms with Crippen LogP contribution in [0.25, 0.3) is 0 Å².